The lowest BCUT2D eigenvalue weighted by Gasteiger charge is -2.15. The Hall–Kier alpha value is -8.55. The van der Waals surface area contributed by atoms with Crippen molar-refractivity contribution in [2.75, 3.05) is 0 Å². The molecule has 0 unspecified atom stereocenters. The van der Waals surface area contributed by atoms with E-state index >= 15 is 0 Å². The largest absolute Gasteiger partial charge is 0.309 e. The predicted octanol–water partition coefficient (Wildman–Crippen LogP) is 17.8. The third kappa shape index (κ3) is 6.03. The van der Waals surface area contributed by atoms with Gasteiger partial charge in [-0.2, -0.15) is 0 Å². The van der Waals surface area contributed by atoms with Crippen LogP contribution in [-0.2, 0) is 0 Å². The lowest BCUT2D eigenvalue weighted by atomic mass is 9.93. The molecule has 0 fully saturated rings. The number of thiophene rings is 2. The monoisotopic (exact) mass is 912 g/mol. The normalized spacial score (nSPS) is 12.1. The maximum atomic E-state index is 5.12. The van der Waals surface area contributed by atoms with Gasteiger partial charge in [0, 0.05) is 73.5 Å². The number of benzene rings is 11. The van der Waals surface area contributed by atoms with Gasteiger partial charge in [-0.1, -0.05) is 152 Å². The summed E-state index contributed by atoms with van der Waals surface area (Å²) >= 11 is 3.78. The summed E-state index contributed by atoms with van der Waals surface area (Å²) in [7, 11) is 0. The molecule has 0 saturated heterocycles. The minimum Gasteiger partial charge on any atom is -0.309 e. The molecule has 0 N–H and O–H groups in total. The highest BCUT2D eigenvalue weighted by atomic mass is 32.1. The van der Waals surface area contributed by atoms with E-state index in [-0.39, 0.29) is 0 Å². The van der Waals surface area contributed by atoms with Crippen molar-refractivity contribution >= 4 is 117 Å². The van der Waals surface area contributed by atoms with Crippen LogP contribution in [-0.4, -0.2) is 19.5 Å². The summed E-state index contributed by atoms with van der Waals surface area (Å²) in [5, 5.41) is 15.0. The van der Waals surface area contributed by atoms with Crippen molar-refractivity contribution in [3.05, 3.63) is 218 Å². The first-order valence-electron chi connectivity index (χ1n) is 23.2. The zero-order valence-corrected chi connectivity index (χ0v) is 38.5. The molecule has 6 heteroatoms. The first-order valence-corrected chi connectivity index (χ1v) is 24.9. The van der Waals surface area contributed by atoms with Gasteiger partial charge in [0.1, 0.15) is 0 Å². The van der Waals surface area contributed by atoms with E-state index in [0.29, 0.717) is 17.5 Å². The molecule has 11 aromatic carbocycles. The Morgan fingerprint density at radius 1 is 0.246 bits per heavy atom. The highest BCUT2D eigenvalue weighted by Gasteiger charge is 2.19. The maximum Gasteiger partial charge on any atom is 0.164 e. The number of fused-ring (bicyclic) bond motifs is 15. The Morgan fingerprint density at radius 3 is 1.39 bits per heavy atom. The van der Waals surface area contributed by atoms with Gasteiger partial charge in [0.15, 0.2) is 17.5 Å². The zero-order valence-electron chi connectivity index (χ0n) is 36.9. The van der Waals surface area contributed by atoms with Crippen LogP contribution in [0.25, 0.3) is 145 Å². The van der Waals surface area contributed by atoms with Gasteiger partial charge in [0.25, 0.3) is 0 Å². The second-order valence-electron chi connectivity index (χ2n) is 17.9. The number of rotatable bonds is 5. The fourth-order valence-electron chi connectivity index (χ4n) is 10.8. The van der Waals surface area contributed by atoms with Crippen molar-refractivity contribution in [1.29, 1.82) is 0 Å². The van der Waals surface area contributed by atoms with Crippen molar-refractivity contribution in [3.8, 4) is 51.0 Å². The van der Waals surface area contributed by atoms with Crippen LogP contribution < -0.4 is 0 Å². The molecule has 0 aliphatic rings. The summed E-state index contributed by atoms with van der Waals surface area (Å²) in [4.78, 5) is 15.2. The van der Waals surface area contributed by atoms with Crippen LogP contribution in [0.3, 0.4) is 0 Å². The molecule has 0 saturated carbocycles. The zero-order chi connectivity index (χ0) is 45.2. The van der Waals surface area contributed by atoms with Gasteiger partial charge in [-0.05, 0) is 110 Å². The molecule has 0 amide bonds. The summed E-state index contributed by atoms with van der Waals surface area (Å²) in [6.45, 7) is 0. The van der Waals surface area contributed by atoms with Crippen LogP contribution in [0.15, 0.2) is 218 Å². The van der Waals surface area contributed by atoms with E-state index in [0.717, 1.165) is 27.8 Å². The summed E-state index contributed by atoms with van der Waals surface area (Å²) in [6.07, 6.45) is 0. The van der Waals surface area contributed by atoms with Crippen LogP contribution in [0.4, 0.5) is 0 Å². The minimum atomic E-state index is 0.639. The molecular formula is C63H36N4S2. The molecule has 15 aromatic rings. The topological polar surface area (TPSA) is 43.6 Å². The SMILES string of the molecule is c1ccc(-c2nc(-c3ccccc3)nc(-c3ccc4c5ccccc5c5ccc(-n6c7ccccc7c7cc(-c8ccc9sc%10cc%11c(cc%10c9c8)sc8ccccc8%11)ccc76)cc5c4c3)n2)cc1. The number of hydrogen-bond donors (Lipinski definition) is 0. The molecule has 0 radical (unpaired) electrons. The van der Waals surface area contributed by atoms with E-state index in [1.165, 1.54) is 100 Å². The van der Waals surface area contributed by atoms with Gasteiger partial charge < -0.3 is 4.57 Å². The lowest BCUT2D eigenvalue weighted by Crippen LogP contribution is -2.00. The van der Waals surface area contributed by atoms with Crippen LogP contribution >= 0.6 is 22.7 Å². The fourth-order valence-corrected chi connectivity index (χ4v) is 13.0. The number of para-hydroxylation sites is 1. The standard InChI is InChI=1S/C63H36N4S2/c1-3-13-37(14-4-1)61-64-62(38-15-5-2-6-16-38)66-63(65-61)41-23-27-45-43-17-7-8-18-44(43)46-28-26-42(34-50(46)49(45)33-41)67-55-21-11-9-19-47(55)51-31-39(24-29-56(51)67)40-25-30-58-52(32-40)54-36-59-53(35-60(54)69-58)48-20-10-12-22-57(48)68-59/h1-36H. The number of nitrogens with zero attached hydrogens (tertiary/aromatic N) is 4. The average molecular weight is 913 g/mol. The van der Waals surface area contributed by atoms with Crippen molar-refractivity contribution < 1.29 is 0 Å². The summed E-state index contributed by atoms with van der Waals surface area (Å²) in [5.74, 6) is 1.93. The van der Waals surface area contributed by atoms with Crippen LogP contribution in [0, 0.1) is 0 Å². The predicted molar refractivity (Wildman–Crippen MR) is 294 cm³/mol. The first kappa shape index (κ1) is 38.5. The molecule has 0 bridgehead atoms. The highest BCUT2D eigenvalue weighted by molar-refractivity contribution is 7.27. The fraction of sp³-hybridized carbons (Fsp3) is 0. The quantitative estimate of drug-likeness (QED) is 0.162. The van der Waals surface area contributed by atoms with E-state index in [9.17, 15) is 0 Å². The average Bonchev–Trinajstić information content (AvgIpc) is 4.08. The van der Waals surface area contributed by atoms with Gasteiger partial charge in [-0.3, -0.25) is 0 Å². The summed E-state index contributed by atoms with van der Waals surface area (Å²) < 4.78 is 7.78. The smallest absolute Gasteiger partial charge is 0.164 e. The van der Waals surface area contributed by atoms with Crippen molar-refractivity contribution in [3.63, 3.8) is 0 Å². The lowest BCUT2D eigenvalue weighted by molar-refractivity contribution is 1.07. The molecule has 0 atom stereocenters. The van der Waals surface area contributed by atoms with Gasteiger partial charge in [0.05, 0.1) is 11.0 Å². The van der Waals surface area contributed by atoms with Gasteiger partial charge in [-0.25, -0.2) is 15.0 Å². The second-order valence-corrected chi connectivity index (χ2v) is 20.1. The molecule has 0 aliphatic heterocycles. The molecule has 0 spiro atoms. The molecule has 4 nitrogen and oxygen atoms in total. The molecule has 4 aromatic heterocycles. The van der Waals surface area contributed by atoms with Gasteiger partial charge in [-0.15, -0.1) is 22.7 Å². The Bertz CT molecular complexity index is 4550. The third-order valence-electron chi connectivity index (χ3n) is 14.0. The molecule has 0 aliphatic carbocycles. The van der Waals surface area contributed by atoms with E-state index in [2.05, 4.69) is 187 Å². The van der Waals surface area contributed by atoms with E-state index < -0.39 is 0 Å². The van der Waals surface area contributed by atoms with Gasteiger partial charge in [0.2, 0.25) is 0 Å². The highest BCUT2D eigenvalue weighted by Crippen LogP contribution is 2.44. The van der Waals surface area contributed by atoms with Crippen LogP contribution in [0.2, 0.25) is 0 Å². The van der Waals surface area contributed by atoms with E-state index in [4.69, 9.17) is 15.0 Å². The molecule has 320 valence electrons. The second kappa shape index (κ2) is 15.0. The van der Waals surface area contributed by atoms with Gasteiger partial charge >= 0.3 is 0 Å². The molecular weight excluding hydrogens is 877 g/mol. The summed E-state index contributed by atoms with van der Waals surface area (Å²) in [6, 6.07) is 79.2. The van der Waals surface area contributed by atoms with Crippen molar-refractivity contribution in [2.45, 2.75) is 0 Å². The van der Waals surface area contributed by atoms with E-state index in [1.54, 1.807) is 0 Å². The molecule has 15 rings (SSSR count). The molecule has 69 heavy (non-hydrogen) atoms. The first-order chi connectivity index (χ1) is 34.2. The Labute approximate surface area is 403 Å². The van der Waals surface area contributed by atoms with E-state index in [1.807, 2.05) is 59.1 Å². The Kier molecular flexibility index (Phi) is 8.37. The number of aromatic nitrogens is 4. The van der Waals surface area contributed by atoms with Crippen molar-refractivity contribution in [1.82, 2.24) is 19.5 Å². The summed E-state index contributed by atoms with van der Waals surface area (Å²) in [5.41, 5.74) is 8.73. The van der Waals surface area contributed by atoms with Crippen molar-refractivity contribution in [2.24, 2.45) is 0 Å². The maximum absolute atomic E-state index is 5.12. The Morgan fingerprint density at radius 2 is 0.696 bits per heavy atom. The van der Waals surface area contributed by atoms with Crippen LogP contribution in [0.5, 0.6) is 0 Å². The number of hydrogen-bond acceptors (Lipinski definition) is 5. The Balaban J connectivity index is 0.899. The van der Waals surface area contributed by atoms with Crippen LogP contribution in [0.1, 0.15) is 0 Å². The minimum absolute atomic E-state index is 0.639. The molecule has 4 heterocycles. The third-order valence-corrected chi connectivity index (χ3v) is 16.3.